The van der Waals surface area contributed by atoms with E-state index >= 15 is 0 Å². The first-order valence-corrected chi connectivity index (χ1v) is 11.6. The van der Waals surface area contributed by atoms with Crippen molar-refractivity contribution in [2.45, 2.75) is 18.0 Å². The third-order valence-corrected chi connectivity index (χ3v) is 6.19. The number of hydrogen-bond donors (Lipinski definition) is 1. The van der Waals surface area contributed by atoms with Crippen LogP contribution in [0.3, 0.4) is 0 Å². The molecule has 0 bridgehead atoms. The van der Waals surface area contributed by atoms with Crippen LogP contribution in [0.15, 0.2) is 82.6 Å². The number of thioether (sulfide) groups is 1. The molecule has 1 aliphatic heterocycles. The third kappa shape index (κ3) is 4.40. The van der Waals surface area contributed by atoms with Crippen LogP contribution in [0, 0.1) is 0 Å². The average Bonchev–Trinajstić information content (AvgIpc) is 3.59. The second kappa shape index (κ2) is 9.33. The molecule has 2 aromatic heterocycles. The molecular weight excluding hydrogens is 438 g/mol. The molecular formula is C24H21N5O3S. The van der Waals surface area contributed by atoms with Gasteiger partial charge in [-0.25, -0.2) is 0 Å². The molecule has 2 aromatic carbocycles. The van der Waals surface area contributed by atoms with Crippen LogP contribution >= 0.6 is 11.8 Å². The lowest BCUT2D eigenvalue weighted by molar-refractivity contribution is -0.117. The maximum absolute atomic E-state index is 12.8. The number of hydrogen-bond acceptors (Lipinski definition) is 6. The maximum Gasteiger partial charge on any atom is 0.234 e. The molecule has 0 radical (unpaired) electrons. The topological polar surface area (TPSA) is 93.3 Å². The van der Waals surface area contributed by atoms with E-state index in [1.54, 1.807) is 17.2 Å². The van der Waals surface area contributed by atoms with Gasteiger partial charge in [-0.1, -0.05) is 42.1 Å². The Balaban J connectivity index is 1.35. The Kier molecular flexibility index (Phi) is 5.95. The highest BCUT2D eigenvalue weighted by Gasteiger charge is 2.24. The second-order valence-electron chi connectivity index (χ2n) is 7.46. The Morgan fingerprint density at radius 2 is 1.85 bits per heavy atom. The summed E-state index contributed by atoms with van der Waals surface area (Å²) >= 11 is 1.28. The molecule has 4 aromatic rings. The van der Waals surface area contributed by atoms with Crippen molar-refractivity contribution in [3.8, 4) is 17.3 Å². The number of nitrogens with one attached hydrogen (secondary N) is 1. The number of furan rings is 1. The van der Waals surface area contributed by atoms with Crippen molar-refractivity contribution in [1.29, 1.82) is 0 Å². The van der Waals surface area contributed by atoms with Crippen molar-refractivity contribution in [2.75, 3.05) is 22.5 Å². The van der Waals surface area contributed by atoms with Gasteiger partial charge in [-0.3, -0.25) is 14.2 Å². The fourth-order valence-corrected chi connectivity index (χ4v) is 4.52. The summed E-state index contributed by atoms with van der Waals surface area (Å²) in [7, 11) is 0. The van der Waals surface area contributed by atoms with Crippen LogP contribution in [0.2, 0.25) is 0 Å². The number of benzene rings is 2. The quantitative estimate of drug-likeness (QED) is 0.412. The molecule has 9 heteroatoms. The lowest BCUT2D eigenvalue weighted by Crippen LogP contribution is -2.26. The number of nitrogens with zero attached hydrogens (tertiary/aromatic N) is 4. The van der Waals surface area contributed by atoms with E-state index in [9.17, 15) is 9.59 Å². The number of para-hydroxylation sites is 3. The zero-order valence-electron chi connectivity index (χ0n) is 17.7. The van der Waals surface area contributed by atoms with Crippen molar-refractivity contribution in [3.05, 3.63) is 73.0 Å². The molecule has 1 saturated heterocycles. The van der Waals surface area contributed by atoms with Crippen molar-refractivity contribution in [2.24, 2.45) is 0 Å². The molecule has 166 valence electrons. The van der Waals surface area contributed by atoms with Crippen LogP contribution < -0.4 is 10.2 Å². The van der Waals surface area contributed by atoms with E-state index in [-0.39, 0.29) is 17.6 Å². The number of carbonyl (C=O) groups is 2. The van der Waals surface area contributed by atoms with Gasteiger partial charge in [-0.2, -0.15) is 0 Å². The number of carbonyl (C=O) groups excluding carboxylic acids is 2. The minimum Gasteiger partial charge on any atom is -0.461 e. The highest BCUT2D eigenvalue weighted by atomic mass is 32.2. The van der Waals surface area contributed by atoms with E-state index in [1.165, 1.54) is 11.8 Å². The van der Waals surface area contributed by atoms with Crippen LogP contribution in [0.5, 0.6) is 0 Å². The van der Waals surface area contributed by atoms with E-state index in [0.29, 0.717) is 35.4 Å². The van der Waals surface area contributed by atoms with Crippen LogP contribution in [-0.4, -0.2) is 38.9 Å². The Labute approximate surface area is 194 Å². The molecule has 0 saturated carbocycles. The Bertz CT molecular complexity index is 1270. The van der Waals surface area contributed by atoms with Crippen LogP contribution in [0.1, 0.15) is 12.8 Å². The molecule has 0 spiro atoms. The SMILES string of the molecule is O=C(CSc1nnc(-c2ccco2)n1-c1ccccc1)Nc1ccccc1N1CCCC1=O. The molecule has 1 aliphatic rings. The van der Waals surface area contributed by atoms with Crippen molar-refractivity contribution < 1.29 is 14.0 Å². The third-order valence-electron chi connectivity index (χ3n) is 5.26. The molecule has 33 heavy (non-hydrogen) atoms. The zero-order chi connectivity index (χ0) is 22.6. The molecule has 1 fully saturated rings. The zero-order valence-corrected chi connectivity index (χ0v) is 18.5. The standard InChI is InChI=1S/C24H21N5O3S/c30-21(25-18-10-4-5-11-19(18)28-14-6-13-22(28)31)16-33-24-27-26-23(20-12-7-15-32-20)29(24)17-8-2-1-3-9-17/h1-5,7-12,15H,6,13-14,16H2,(H,25,30). The first-order valence-electron chi connectivity index (χ1n) is 10.6. The second-order valence-corrected chi connectivity index (χ2v) is 8.40. The summed E-state index contributed by atoms with van der Waals surface area (Å²) in [5, 5.41) is 12.1. The van der Waals surface area contributed by atoms with E-state index in [1.807, 2.05) is 65.2 Å². The van der Waals surface area contributed by atoms with Gasteiger partial charge < -0.3 is 14.6 Å². The van der Waals surface area contributed by atoms with Gasteiger partial charge in [0.1, 0.15) is 0 Å². The highest BCUT2D eigenvalue weighted by molar-refractivity contribution is 7.99. The van der Waals surface area contributed by atoms with Gasteiger partial charge >= 0.3 is 0 Å². The van der Waals surface area contributed by atoms with Gasteiger partial charge in [-0.15, -0.1) is 10.2 Å². The normalized spacial score (nSPS) is 13.5. The monoisotopic (exact) mass is 459 g/mol. The van der Waals surface area contributed by atoms with Crippen molar-refractivity contribution in [3.63, 3.8) is 0 Å². The van der Waals surface area contributed by atoms with Crippen LogP contribution in [0.4, 0.5) is 11.4 Å². The summed E-state index contributed by atoms with van der Waals surface area (Å²) in [6.45, 7) is 0.663. The molecule has 0 unspecified atom stereocenters. The van der Waals surface area contributed by atoms with Gasteiger partial charge in [0.15, 0.2) is 10.9 Å². The molecule has 0 atom stereocenters. The molecule has 1 N–H and O–H groups in total. The lowest BCUT2D eigenvalue weighted by Gasteiger charge is -2.19. The van der Waals surface area contributed by atoms with Crippen LogP contribution in [0.25, 0.3) is 17.3 Å². The molecule has 0 aliphatic carbocycles. The minimum absolute atomic E-state index is 0.0764. The van der Waals surface area contributed by atoms with Crippen molar-refractivity contribution >= 4 is 35.0 Å². The van der Waals surface area contributed by atoms with Gasteiger partial charge in [0.05, 0.1) is 23.4 Å². The number of rotatable bonds is 7. The average molecular weight is 460 g/mol. The fraction of sp³-hybridized carbons (Fsp3) is 0.167. The van der Waals surface area contributed by atoms with E-state index in [2.05, 4.69) is 15.5 Å². The van der Waals surface area contributed by atoms with Crippen LogP contribution in [-0.2, 0) is 9.59 Å². The summed E-state index contributed by atoms with van der Waals surface area (Å²) in [5.41, 5.74) is 2.22. The fourth-order valence-electron chi connectivity index (χ4n) is 3.77. The number of aromatic nitrogens is 3. The molecule has 8 nitrogen and oxygen atoms in total. The summed E-state index contributed by atoms with van der Waals surface area (Å²) in [6.07, 6.45) is 2.94. The predicted octanol–water partition coefficient (Wildman–Crippen LogP) is 4.38. The summed E-state index contributed by atoms with van der Waals surface area (Å²) < 4.78 is 7.39. The number of anilines is 2. The molecule has 3 heterocycles. The first-order chi connectivity index (χ1) is 16.2. The van der Waals surface area contributed by atoms with Gasteiger partial charge in [0.2, 0.25) is 17.6 Å². The van der Waals surface area contributed by atoms with Gasteiger partial charge in [-0.05, 0) is 42.8 Å². The summed E-state index contributed by atoms with van der Waals surface area (Å²) in [6, 6.07) is 20.7. The van der Waals surface area contributed by atoms with E-state index in [4.69, 9.17) is 4.42 Å². The Morgan fingerprint density at radius 3 is 2.61 bits per heavy atom. The van der Waals surface area contributed by atoms with Gasteiger partial charge in [0, 0.05) is 18.7 Å². The van der Waals surface area contributed by atoms with Gasteiger partial charge in [0.25, 0.3) is 0 Å². The first kappa shape index (κ1) is 21.0. The Hall–Kier alpha value is -3.85. The molecule has 2 amide bonds. The minimum atomic E-state index is -0.193. The smallest absolute Gasteiger partial charge is 0.234 e. The van der Waals surface area contributed by atoms with E-state index < -0.39 is 0 Å². The lowest BCUT2D eigenvalue weighted by atomic mass is 10.2. The Morgan fingerprint density at radius 1 is 1.03 bits per heavy atom. The predicted molar refractivity (Wildman–Crippen MR) is 126 cm³/mol. The van der Waals surface area contributed by atoms with Crippen molar-refractivity contribution in [1.82, 2.24) is 14.8 Å². The highest BCUT2D eigenvalue weighted by Crippen LogP contribution is 2.31. The molecule has 5 rings (SSSR count). The summed E-state index contributed by atoms with van der Waals surface area (Å²) in [4.78, 5) is 26.7. The largest absolute Gasteiger partial charge is 0.461 e. The summed E-state index contributed by atoms with van der Waals surface area (Å²) in [5.74, 6) is 1.17. The van der Waals surface area contributed by atoms with E-state index in [0.717, 1.165) is 17.8 Å². The number of amides is 2. The maximum atomic E-state index is 12.8.